The van der Waals surface area contributed by atoms with Gasteiger partial charge in [0.25, 0.3) is 5.69 Å². The van der Waals surface area contributed by atoms with Crippen molar-refractivity contribution in [1.82, 2.24) is 4.90 Å². The van der Waals surface area contributed by atoms with Gasteiger partial charge >= 0.3 is 0 Å². The number of hydrogen-bond acceptors (Lipinski definition) is 3. The molecule has 21 heavy (non-hydrogen) atoms. The molecule has 2 aromatic rings. The zero-order chi connectivity index (χ0) is 15.4. The fraction of sp³-hybridized carbons (Fsp3) is 0.200. The van der Waals surface area contributed by atoms with Gasteiger partial charge in [-0.3, -0.25) is 15.0 Å². The highest BCUT2D eigenvalue weighted by Gasteiger charge is 2.13. The monoisotopic (exact) mass is 352 g/mol. The number of halogens is 2. The highest BCUT2D eigenvalue weighted by Crippen LogP contribution is 2.26. The Balaban J connectivity index is 2.05. The lowest BCUT2D eigenvalue weighted by Crippen LogP contribution is -2.17. The topological polar surface area (TPSA) is 46.4 Å². The Bertz CT molecular complexity index is 647. The minimum atomic E-state index is -0.409. The average Bonchev–Trinajstić information content (AvgIpc) is 2.43. The van der Waals surface area contributed by atoms with Crippen molar-refractivity contribution in [3.8, 4) is 0 Å². The molecule has 0 N–H and O–H groups in total. The van der Waals surface area contributed by atoms with E-state index in [-0.39, 0.29) is 11.5 Å². The number of nitro groups is 1. The van der Waals surface area contributed by atoms with E-state index in [1.54, 1.807) is 24.3 Å². The lowest BCUT2D eigenvalue weighted by Gasteiger charge is -2.17. The van der Waals surface area contributed by atoms with Crippen molar-refractivity contribution in [1.29, 1.82) is 0 Å². The fourth-order valence-electron chi connectivity index (χ4n) is 2.07. The van der Waals surface area contributed by atoms with Crippen LogP contribution in [0, 0.1) is 15.9 Å². The third kappa shape index (κ3) is 4.34. The average molecular weight is 353 g/mol. The molecule has 0 unspecified atom stereocenters. The van der Waals surface area contributed by atoms with E-state index in [9.17, 15) is 14.5 Å². The normalized spacial score (nSPS) is 10.9. The Hall–Kier alpha value is -1.79. The van der Waals surface area contributed by atoms with E-state index in [0.717, 1.165) is 11.1 Å². The number of rotatable bonds is 5. The Labute approximate surface area is 130 Å². The van der Waals surface area contributed by atoms with E-state index in [0.29, 0.717) is 17.6 Å². The maximum absolute atomic E-state index is 12.8. The molecule has 0 atom stereocenters. The van der Waals surface area contributed by atoms with Crippen LogP contribution in [0.25, 0.3) is 0 Å². The molecule has 0 aliphatic carbocycles. The van der Waals surface area contributed by atoms with Crippen molar-refractivity contribution in [3.05, 3.63) is 74.0 Å². The standard InChI is InChI=1S/C15H14BrFN2O2/c1-18(9-11-2-5-13(17)6-3-11)10-12-4-7-14(16)15(8-12)19(20)21/h2-8H,9-10H2,1H3. The van der Waals surface area contributed by atoms with E-state index >= 15 is 0 Å². The summed E-state index contributed by atoms with van der Waals surface area (Å²) < 4.78 is 13.3. The first-order valence-electron chi connectivity index (χ1n) is 6.31. The molecule has 0 amide bonds. The van der Waals surface area contributed by atoms with Crippen LogP contribution in [0.3, 0.4) is 0 Å². The largest absolute Gasteiger partial charge is 0.298 e. The predicted molar refractivity (Wildman–Crippen MR) is 82.4 cm³/mol. The quantitative estimate of drug-likeness (QED) is 0.600. The molecule has 0 aliphatic rings. The minimum Gasteiger partial charge on any atom is -0.298 e. The van der Waals surface area contributed by atoms with Crippen molar-refractivity contribution < 1.29 is 9.31 Å². The van der Waals surface area contributed by atoms with Gasteiger partial charge in [0, 0.05) is 19.2 Å². The summed E-state index contributed by atoms with van der Waals surface area (Å²) in [5.74, 6) is -0.259. The predicted octanol–water partition coefficient (Wildman–Crippen LogP) is 4.13. The van der Waals surface area contributed by atoms with Gasteiger partial charge in [-0.1, -0.05) is 18.2 Å². The van der Waals surface area contributed by atoms with Gasteiger partial charge in [0.05, 0.1) is 9.40 Å². The van der Waals surface area contributed by atoms with E-state index in [1.165, 1.54) is 12.1 Å². The second-order valence-electron chi connectivity index (χ2n) is 4.84. The Morgan fingerprint density at radius 1 is 1.14 bits per heavy atom. The maximum atomic E-state index is 12.8. The van der Waals surface area contributed by atoms with Crippen LogP contribution in [0.5, 0.6) is 0 Å². The van der Waals surface area contributed by atoms with E-state index in [4.69, 9.17) is 0 Å². The molecule has 0 bridgehead atoms. The molecule has 110 valence electrons. The lowest BCUT2D eigenvalue weighted by molar-refractivity contribution is -0.385. The van der Waals surface area contributed by atoms with E-state index < -0.39 is 4.92 Å². The number of nitro benzene ring substituents is 1. The van der Waals surface area contributed by atoms with Gasteiger partial charge in [-0.2, -0.15) is 0 Å². The van der Waals surface area contributed by atoms with Crippen molar-refractivity contribution in [3.63, 3.8) is 0 Å². The molecule has 0 saturated heterocycles. The Morgan fingerprint density at radius 3 is 2.33 bits per heavy atom. The fourth-order valence-corrected chi connectivity index (χ4v) is 2.46. The van der Waals surface area contributed by atoms with Crippen molar-refractivity contribution in [2.75, 3.05) is 7.05 Å². The van der Waals surface area contributed by atoms with Gasteiger partial charge in [0.2, 0.25) is 0 Å². The van der Waals surface area contributed by atoms with Gasteiger partial charge in [-0.25, -0.2) is 4.39 Å². The molecule has 0 fully saturated rings. The van der Waals surface area contributed by atoms with Gasteiger partial charge < -0.3 is 0 Å². The molecule has 4 nitrogen and oxygen atoms in total. The second-order valence-corrected chi connectivity index (χ2v) is 5.70. The lowest BCUT2D eigenvalue weighted by atomic mass is 10.1. The summed E-state index contributed by atoms with van der Waals surface area (Å²) in [5, 5.41) is 10.9. The number of nitrogens with zero attached hydrogens (tertiary/aromatic N) is 2. The van der Waals surface area contributed by atoms with Crippen molar-refractivity contribution in [2.45, 2.75) is 13.1 Å². The molecule has 0 aromatic heterocycles. The molecule has 0 spiro atoms. The SMILES string of the molecule is CN(Cc1ccc(F)cc1)Cc1ccc(Br)c([N+](=O)[O-])c1. The van der Waals surface area contributed by atoms with Crippen LogP contribution in [0.1, 0.15) is 11.1 Å². The van der Waals surface area contributed by atoms with Crippen LogP contribution in [0.2, 0.25) is 0 Å². The van der Waals surface area contributed by atoms with Crippen LogP contribution in [0.4, 0.5) is 10.1 Å². The molecule has 0 heterocycles. The zero-order valence-electron chi connectivity index (χ0n) is 11.4. The molecule has 0 radical (unpaired) electrons. The van der Waals surface area contributed by atoms with Gasteiger partial charge in [0.15, 0.2) is 0 Å². The molecule has 2 rings (SSSR count). The van der Waals surface area contributed by atoms with E-state index in [2.05, 4.69) is 15.9 Å². The van der Waals surface area contributed by atoms with Gasteiger partial charge in [-0.05, 0) is 52.3 Å². The zero-order valence-corrected chi connectivity index (χ0v) is 13.0. The third-order valence-corrected chi connectivity index (χ3v) is 3.70. The van der Waals surface area contributed by atoms with E-state index in [1.807, 2.05) is 18.0 Å². The first-order chi connectivity index (χ1) is 9.95. The molecular weight excluding hydrogens is 339 g/mol. The summed E-state index contributed by atoms with van der Waals surface area (Å²) in [6.45, 7) is 1.22. The molecular formula is C15H14BrFN2O2. The molecule has 0 saturated carbocycles. The van der Waals surface area contributed by atoms with Crippen molar-refractivity contribution >= 4 is 21.6 Å². The van der Waals surface area contributed by atoms with Crippen LogP contribution in [0.15, 0.2) is 46.9 Å². The highest BCUT2D eigenvalue weighted by atomic mass is 79.9. The highest BCUT2D eigenvalue weighted by molar-refractivity contribution is 9.10. The first kappa shape index (κ1) is 15.6. The summed E-state index contributed by atoms with van der Waals surface area (Å²) in [5.41, 5.74) is 1.91. The van der Waals surface area contributed by atoms with Gasteiger partial charge in [0.1, 0.15) is 5.82 Å². The molecule has 6 heteroatoms. The second kappa shape index (κ2) is 6.78. The van der Waals surface area contributed by atoms with Crippen LogP contribution in [-0.2, 0) is 13.1 Å². The summed E-state index contributed by atoms with van der Waals surface area (Å²) in [6, 6.07) is 11.4. The Kier molecular flexibility index (Phi) is 5.03. The Morgan fingerprint density at radius 2 is 1.71 bits per heavy atom. The van der Waals surface area contributed by atoms with Gasteiger partial charge in [-0.15, -0.1) is 0 Å². The number of hydrogen-bond donors (Lipinski definition) is 0. The minimum absolute atomic E-state index is 0.0580. The summed E-state index contributed by atoms with van der Waals surface area (Å²) in [6.07, 6.45) is 0. The molecule has 2 aromatic carbocycles. The first-order valence-corrected chi connectivity index (χ1v) is 7.11. The molecule has 0 aliphatic heterocycles. The van der Waals surface area contributed by atoms with Crippen LogP contribution in [-0.4, -0.2) is 16.9 Å². The van der Waals surface area contributed by atoms with Crippen LogP contribution >= 0.6 is 15.9 Å². The summed E-state index contributed by atoms with van der Waals surface area (Å²) in [4.78, 5) is 12.5. The number of benzene rings is 2. The third-order valence-electron chi connectivity index (χ3n) is 3.03. The smallest absolute Gasteiger partial charge is 0.283 e. The summed E-state index contributed by atoms with van der Waals surface area (Å²) in [7, 11) is 1.91. The summed E-state index contributed by atoms with van der Waals surface area (Å²) >= 11 is 3.17. The van der Waals surface area contributed by atoms with Crippen LogP contribution < -0.4 is 0 Å². The van der Waals surface area contributed by atoms with Crippen molar-refractivity contribution in [2.24, 2.45) is 0 Å². The maximum Gasteiger partial charge on any atom is 0.283 e.